The molecule has 1 aromatic carbocycles. The van der Waals surface area contributed by atoms with E-state index in [-0.39, 0.29) is 0 Å². The Labute approximate surface area is 100 Å². The van der Waals surface area contributed by atoms with Crippen LogP contribution in [0.5, 0.6) is 0 Å². The second-order valence-corrected chi connectivity index (χ2v) is 5.62. The van der Waals surface area contributed by atoms with Crippen LogP contribution in [0, 0.1) is 19.3 Å². The van der Waals surface area contributed by atoms with E-state index in [1.54, 1.807) is 0 Å². The normalized spacial score (nSPS) is 11.8. The van der Waals surface area contributed by atoms with Crippen LogP contribution in [0.25, 0.3) is 0 Å². The highest BCUT2D eigenvalue weighted by atomic mass is 14.5. The predicted octanol–water partition coefficient (Wildman–Crippen LogP) is 3.61. The van der Waals surface area contributed by atoms with Crippen molar-refractivity contribution >= 4 is 0 Å². The van der Waals surface area contributed by atoms with Crippen molar-refractivity contribution in [3.05, 3.63) is 34.9 Å². The summed E-state index contributed by atoms with van der Waals surface area (Å²) < 4.78 is 0. The zero-order chi connectivity index (χ0) is 12.2. The largest absolute Gasteiger partial charge is 0.330 e. The van der Waals surface area contributed by atoms with E-state index in [1.165, 1.54) is 23.1 Å². The summed E-state index contributed by atoms with van der Waals surface area (Å²) in [5.74, 6) is 0. The second-order valence-electron chi connectivity index (χ2n) is 5.62. The number of hydrogen-bond donors (Lipinski definition) is 1. The average Bonchev–Trinajstić information content (AvgIpc) is 2.20. The van der Waals surface area contributed by atoms with Gasteiger partial charge in [-0.1, -0.05) is 32.0 Å². The number of nitrogens with two attached hydrogens (primary N) is 1. The number of hydrogen-bond acceptors (Lipinski definition) is 1. The van der Waals surface area contributed by atoms with Crippen molar-refractivity contribution in [2.75, 3.05) is 6.54 Å². The minimum Gasteiger partial charge on any atom is -0.330 e. The van der Waals surface area contributed by atoms with E-state index in [4.69, 9.17) is 5.73 Å². The molecule has 90 valence electrons. The molecule has 0 atom stereocenters. The van der Waals surface area contributed by atoms with Gasteiger partial charge in [-0.15, -0.1) is 0 Å². The van der Waals surface area contributed by atoms with Gasteiger partial charge in [-0.2, -0.15) is 0 Å². The Morgan fingerprint density at radius 3 is 2.31 bits per heavy atom. The topological polar surface area (TPSA) is 26.0 Å². The molecule has 0 saturated heterocycles. The molecule has 0 fully saturated rings. The number of benzene rings is 1. The zero-order valence-corrected chi connectivity index (χ0v) is 11.1. The molecule has 0 radical (unpaired) electrons. The van der Waals surface area contributed by atoms with Crippen LogP contribution in [0.3, 0.4) is 0 Å². The van der Waals surface area contributed by atoms with Crippen LogP contribution in [0.1, 0.15) is 43.4 Å². The van der Waals surface area contributed by atoms with Gasteiger partial charge in [-0.3, -0.25) is 0 Å². The van der Waals surface area contributed by atoms with Crippen LogP contribution in [-0.4, -0.2) is 6.54 Å². The van der Waals surface area contributed by atoms with E-state index in [2.05, 4.69) is 45.9 Å². The standard InChI is InChI=1S/C15H25N/c1-12-5-6-14(11-13(12)2)7-8-15(3,4)9-10-16/h5-6,11H,7-10,16H2,1-4H3. The van der Waals surface area contributed by atoms with Crippen LogP contribution >= 0.6 is 0 Å². The van der Waals surface area contributed by atoms with Crippen molar-refractivity contribution < 1.29 is 0 Å². The molecule has 1 rings (SSSR count). The molecule has 0 unspecified atom stereocenters. The lowest BCUT2D eigenvalue weighted by Gasteiger charge is -2.23. The Morgan fingerprint density at radius 2 is 1.75 bits per heavy atom. The lowest BCUT2D eigenvalue weighted by molar-refractivity contribution is 0.313. The van der Waals surface area contributed by atoms with Gasteiger partial charge in [0.2, 0.25) is 0 Å². The van der Waals surface area contributed by atoms with Crippen molar-refractivity contribution in [3.8, 4) is 0 Å². The minimum absolute atomic E-state index is 0.369. The Morgan fingerprint density at radius 1 is 1.06 bits per heavy atom. The molecule has 1 aromatic rings. The van der Waals surface area contributed by atoms with Crippen molar-refractivity contribution in [2.45, 2.75) is 47.0 Å². The summed E-state index contributed by atoms with van der Waals surface area (Å²) in [6.45, 7) is 9.75. The maximum atomic E-state index is 5.63. The molecular weight excluding hydrogens is 194 g/mol. The molecule has 0 bridgehead atoms. The monoisotopic (exact) mass is 219 g/mol. The van der Waals surface area contributed by atoms with E-state index >= 15 is 0 Å². The maximum Gasteiger partial charge on any atom is -0.00722 e. The summed E-state index contributed by atoms with van der Waals surface area (Å²) in [6.07, 6.45) is 3.48. The van der Waals surface area contributed by atoms with Gasteiger partial charge in [-0.25, -0.2) is 0 Å². The van der Waals surface area contributed by atoms with Crippen LogP contribution in [-0.2, 0) is 6.42 Å². The molecule has 2 N–H and O–H groups in total. The fourth-order valence-electron chi connectivity index (χ4n) is 1.96. The van der Waals surface area contributed by atoms with Crippen molar-refractivity contribution in [3.63, 3.8) is 0 Å². The smallest absolute Gasteiger partial charge is 0.00722 e. The number of rotatable bonds is 5. The predicted molar refractivity (Wildman–Crippen MR) is 71.7 cm³/mol. The number of aryl methyl sites for hydroxylation is 3. The van der Waals surface area contributed by atoms with Gasteiger partial charge in [0.05, 0.1) is 0 Å². The maximum absolute atomic E-state index is 5.63. The van der Waals surface area contributed by atoms with Gasteiger partial charge < -0.3 is 5.73 Å². The van der Waals surface area contributed by atoms with Gasteiger partial charge in [0.1, 0.15) is 0 Å². The van der Waals surface area contributed by atoms with Crippen LogP contribution in [0.2, 0.25) is 0 Å². The molecule has 0 aliphatic heterocycles. The van der Waals surface area contributed by atoms with E-state index in [0.717, 1.165) is 19.4 Å². The van der Waals surface area contributed by atoms with Gasteiger partial charge in [0, 0.05) is 0 Å². The molecule has 0 heterocycles. The quantitative estimate of drug-likeness (QED) is 0.804. The first-order valence-corrected chi connectivity index (χ1v) is 6.21. The third-order valence-corrected chi connectivity index (χ3v) is 3.48. The Balaban J connectivity index is 2.57. The molecule has 0 aliphatic rings. The third kappa shape index (κ3) is 3.97. The minimum atomic E-state index is 0.369. The van der Waals surface area contributed by atoms with E-state index in [9.17, 15) is 0 Å². The van der Waals surface area contributed by atoms with Gasteiger partial charge in [0.25, 0.3) is 0 Å². The molecule has 0 saturated carbocycles. The summed E-state index contributed by atoms with van der Waals surface area (Å²) in [5.41, 5.74) is 10.2. The molecule has 0 aliphatic carbocycles. The lowest BCUT2D eigenvalue weighted by Crippen LogP contribution is -2.17. The summed E-state index contributed by atoms with van der Waals surface area (Å²) >= 11 is 0. The van der Waals surface area contributed by atoms with Gasteiger partial charge in [-0.05, 0) is 61.8 Å². The van der Waals surface area contributed by atoms with Crippen molar-refractivity contribution in [1.82, 2.24) is 0 Å². The van der Waals surface area contributed by atoms with Crippen LogP contribution < -0.4 is 5.73 Å². The van der Waals surface area contributed by atoms with E-state index in [1.807, 2.05) is 0 Å². The highest BCUT2D eigenvalue weighted by Gasteiger charge is 2.16. The first-order valence-electron chi connectivity index (χ1n) is 6.21. The summed E-state index contributed by atoms with van der Waals surface area (Å²) in [6, 6.07) is 6.79. The lowest BCUT2D eigenvalue weighted by atomic mass is 9.83. The van der Waals surface area contributed by atoms with Crippen LogP contribution in [0.4, 0.5) is 0 Å². The molecular formula is C15H25N. The summed E-state index contributed by atoms with van der Waals surface area (Å²) in [7, 11) is 0. The van der Waals surface area contributed by atoms with E-state index in [0.29, 0.717) is 5.41 Å². The highest BCUT2D eigenvalue weighted by molar-refractivity contribution is 5.29. The van der Waals surface area contributed by atoms with E-state index < -0.39 is 0 Å². The van der Waals surface area contributed by atoms with Crippen LogP contribution in [0.15, 0.2) is 18.2 Å². The SMILES string of the molecule is Cc1ccc(CCC(C)(C)CCN)cc1C. The average molecular weight is 219 g/mol. The summed E-state index contributed by atoms with van der Waals surface area (Å²) in [4.78, 5) is 0. The molecule has 16 heavy (non-hydrogen) atoms. The fraction of sp³-hybridized carbons (Fsp3) is 0.600. The Hall–Kier alpha value is -0.820. The zero-order valence-electron chi connectivity index (χ0n) is 11.1. The molecule has 0 spiro atoms. The molecule has 0 aromatic heterocycles. The van der Waals surface area contributed by atoms with Crippen molar-refractivity contribution in [1.29, 1.82) is 0 Å². The third-order valence-electron chi connectivity index (χ3n) is 3.48. The van der Waals surface area contributed by atoms with Gasteiger partial charge >= 0.3 is 0 Å². The molecule has 1 nitrogen and oxygen atoms in total. The first kappa shape index (κ1) is 13.2. The Kier molecular flexibility index (Phi) is 4.55. The van der Waals surface area contributed by atoms with Gasteiger partial charge in [0.15, 0.2) is 0 Å². The molecule has 0 amide bonds. The summed E-state index contributed by atoms with van der Waals surface area (Å²) in [5, 5.41) is 0. The molecule has 1 heteroatoms. The Bertz CT molecular complexity index is 339. The fourth-order valence-corrected chi connectivity index (χ4v) is 1.96. The van der Waals surface area contributed by atoms with Crippen molar-refractivity contribution in [2.24, 2.45) is 11.1 Å². The second kappa shape index (κ2) is 5.49. The first-order chi connectivity index (χ1) is 7.44. The highest BCUT2D eigenvalue weighted by Crippen LogP contribution is 2.26.